The van der Waals surface area contributed by atoms with Crippen LogP contribution in [0.5, 0.6) is 0 Å². The molecule has 6 heteroatoms. The van der Waals surface area contributed by atoms with Crippen LogP contribution in [0.2, 0.25) is 5.02 Å². The normalized spacial score (nSPS) is 23.1. The molecular weight excluding hydrogens is 556 g/mol. The first-order valence-electron chi connectivity index (χ1n) is 14.8. The summed E-state index contributed by atoms with van der Waals surface area (Å²) < 4.78 is 0. The molecule has 1 saturated heterocycles. The topological polar surface area (TPSA) is 66.5 Å². The average molecular weight is 587 g/mol. The Morgan fingerprint density at radius 2 is 1.60 bits per heavy atom. The Balaban J connectivity index is 1.50. The molecule has 0 unspecified atom stereocenters. The number of ketones is 2. The van der Waals surface area contributed by atoms with Gasteiger partial charge >= 0.3 is 0 Å². The first-order chi connectivity index (χ1) is 20.8. The lowest BCUT2D eigenvalue weighted by Gasteiger charge is -2.37. The fourth-order valence-electron chi connectivity index (χ4n) is 7.39. The molecule has 43 heavy (non-hydrogen) atoms. The number of fused-ring (bicyclic) bond motifs is 6. The predicted octanol–water partition coefficient (Wildman–Crippen LogP) is 7.46. The molecule has 1 fully saturated rings. The van der Waals surface area contributed by atoms with Crippen molar-refractivity contribution in [1.82, 2.24) is 0 Å². The number of amides is 1. The standard InChI is InChI=1S/C37H31ClN2O3/c1-3-6-23-10-12-24(13-11-23)34(41)32-33(35(42)25-14-17-27(38)18-15-25)40-30-19-9-22(2)21-26(30)16-20-31(40)37(32)28-7-4-5-8-29(28)39-36(37)43/h4-5,7-21,31-33H,3,6H2,1-2H3,(H,39,43)/t31-,32+,33-,37-/m1/s1. The highest BCUT2D eigenvalue weighted by Crippen LogP contribution is 2.58. The number of carbonyl (C=O) groups is 3. The Kier molecular flexibility index (Phi) is 6.59. The van der Waals surface area contributed by atoms with Crippen molar-refractivity contribution in [3.8, 4) is 0 Å². The molecule has 0 aromatic heterocycles. The zero-order valence-corrected chi connectivity index (χ0v) is 24.8. The summed E-state index contributed by atoms with van der Waals surface area (Å²) in [5.41, 5.74) is 5.01. The number of halogens is 1. The number of nitrogens with zero attached hydrogens (tertiary/aromatic N) is 1. The maximum Gasteiger partial charge on any atom is 0.238 e. The van der Waals surface area contributed by atoms with Crippen LogP contribution in [-0.2, 0) is 16.6 Å². The van der Waals surface area contributed by atoms with Gasteiger partial charge in [-0.15, -0.1) is 0 Å². The number of aryl methyl sites for hydroxylation is 2. The number of hydrogen-bond acceptors (Lipinski definition) is 4. The first-order valence-corrected chi connectivity index (χ1v) is 15.1. The summed E-state index contributed by atoms with van der Waals surface area (Å²) in [6, 6.07) is 26.5. The molecule has 3 aliphatic rings. The van der Waals surface area contributed by atoms with Gasteiger partial charge in [0.05, 0.1) is 12.0 Å². The van der Waals surface area contributed by atoms with Crippen molar-refractivity contribution >= 4 is 46.5 Å². The number of hydrogen-bond donors (Lipinski definition) is 1. The Bertz CT molecular complexity index is 1810. The van der Waals surface area contributed by atoms with Crippen LogP contribution in [0.1, 0.15) is 56.3 Å². The van der Waals surface area contributed by atoms with Crippen LogP contribution >= 0.6 is 11.6 Å². The number of nitrogens with one attached hydrogen (secondary N) is 1. The molecule has 214 valence electrons. The summed E-state index contributed by atoms with van der Waals surface area (Å²) in [4.78, 5) is 46.2. The van der Waals surface area contributed by atoms with Crippen LogP contribution in [-0.4, -0.2) is 29.6 Å². The number of rotatable bonds is 6. The summed E-state index contributed by atoms with van der Waals surface area (Å²) in [6.07, 6.45) is 5.93. The Morgan fingerprint density at radius 3 is 2.35 bits per heavy atom. The predicted molar refractivity (Wildman–Crippen MR) is 171 cm³/mol. The van der Waals surface area contributed by atoms with Gasteiger partial charge in [0, 0.05) is 27.5 Å². The van der Waals surface area contributed by atoms with Gasteiger partial charge in [-0.1, -0.05) is 91.2 Å². The van der Waals surface area contributed by atoms with Crippen molar-refractivity contribution < 1.29 is 14.4 Å². The Labute approximate surface area is 256 Å². The number of benzene rings is 4. The largest absolute Gasteiger partial charge is 0.352 e. The highest BCUT2D eigenvalue weighted by atomic mass is 35.5. The average Bonchev–Trinajstić information content (AvgIpc) is 3.49. The molecule has 3 aliphatic heterocycles. The molecule has 4 aromatic rings. The minimum atomic E-state index is -1.33. The van der Waals surface area contributed by atoms with Gasteiger partial charge in [-0.3, -0.25) is 14.4 Å². The van der Waals surface area contributed by atoms with Crippen LogP contribution < -0.4 is 10.2 Å². The summed E-state index contributed by atoms with van der Waals surface area (Å²) in [7, 11) is 0. The van der Waals surface area contributed by atoms with E-state index >= 15 is 0 Å². The molecule has 3 heterocycles. The molecule has 1 spiro atoms. The zero-order valence-electron chi connectivity index (χ0n) is 24.0. The van der Waals surface area contributed by atoms with Crippen molar-refractivity contribution in [3.63, 3.8) is 0 Å². The van der Waals surface area contributed by atoms with Gasteiger partial charge in [-0.25, -0.2) is 0 Å². The fraction of sp³-hybridized carbons (Fsp3) is 0.216. The van der Waals surface area contributed by atoms with Crippen LogP contribution in [0.3, 0.4) is 0 Å². The van der Waals surface area contributed by atoms with Crippen LogP contribution in [0, 0.1) is 12.8 Å². The molecule has 7 rings (SSSR count). The van der Waals surface area contributed by atoms with E-state index in [9.17, 15) is 14.4 Å². The maximum atomic E-state index is 14.9. The molecule has 4 atom stereocenters. The maximum absolute atomic E-state index is 14.9. The third kappa shape index (κ3) is 4.09. The van der Waals surface area contributed by atoms with E-state index in [1.165, 1.54) is 0 Å². The highest BCUT2D eigenvalue weighted by Gasteiger charge is 2.70. The van der Waals surface area contributed by atoms with E-state index < -0.39 is 23.4 Å². The number of Topliss-reactive ketones (excluding diaryl/α,β-unsaturated/α-hetero) is 2. The second kappa shape index (κ2) is 10.4. The van der Waals surface area contributed by atoms with E-state index in [4.69, 9.17) is 11.6 Å². The van der Waals surface area contributed by atoms with Crippen LogP contribution in [0.25, 0.3) is 6.08 Å². The summed E-state index contributed by atoms with van der Waals surface area (Å²) >= 11 is 6.20. The molecule has 4 aromatic carbocycles. The molecule has 0 saturated carbocycles. The summed E-state index contributed by atoms with van der Waals surface area (Å²) in [5.74, 6) is -1.72. The highest BCUT2D eigenvalue weighted by molar-refractivity contribution is 6.30. The smallest absolute Gasteiger partial charge is 0.238 e. The lowest BCUT2D eigenvalue weighted by Crippen LogP contribution is -2.51. The molecule has 1 amide bonds. The van der Waals surface area contributed by atoms with Gasteiger partial charge in [-0.05, 0) is 72.5 Å². The van der Waals surface area contributed by atoms with E-state index in [1.54, 1.807) is 24.3 Å². The summed E-state index contributed by atoms with van der Waals surface area (Å²) in [5, 5.41) is 3.60. The second-order valence-electron chi connectivity index (χ2n) is 11.7. The van der Waals surface area contributed by atoms with Crippen molar-refractivity contribution in [2.75, 3.05) is 10.2 Å². The van der Waals surface area contributed by atoms with E-state index in [0.29, 0.717) is 21.8 Å². The zero-order chi connectivity index (χ0) is 29.9. The first kappa shape index (κ1) is 27.4. The molecule has 0 radical (unpaired) electrons. The number of carbonyl (C=O) groups excluding carboxylic acids is 3. The van der Waals surface area contributed by atoms with Gasteiger partial charge in [-0.2, -0.15) is 0 Å². The van der Waals surface area contributed by atoms with Crippen molar-refractivity contribution in [1.29, 1.82) is 0 Å². The quantitative estimate of drug-likeness (QED) is 0.238. The van der Waals surface area contributed by atoms with Gasteiger partial charge in [0.15, 0.2) is 11.6 Å². The minimum absolute atomic E-state index is 0.223. The monoisotopic (exact) mass is 586 g/mol. The van der Waals surface area contributed by atoms with Crippen molar-refractivity contribution in [2.45, 2.75) is 44.2 Å². The van der Waals surface area contributed by atoms with E-state index in [1.807, 2.05) is 84.6 Å². The van der Waals surface area contributed by atoms with Gasteiger partial charge in [0.1, 0.15) is 11.5 Å². The van der Waals surface area contributed by atoms with Gasteiger partial charge in [0.25, 0.3) is 0 Å². The third-order valence-electron chi connectivity index (χ3n) is 9.25. The summed E-state index contributed by atoms with van der Waals surface area (Å²) in [6.45, 7) is 4.14. The van der Waals surface area contributed by atoms with Crippen molar-refractivity contribution in [3.05, 3.63) is 135 Å². The SMILES string of the molecule is CCCc1ccc(C(=O)[C@@H]2[C@H](C(=O)c3ccc(Cl)cc3)N3c4ccc(C)cc4C=C[C@@H]3[C@@]23C(=O)Nc2ccccc23)cc1. The van der Waals surface area contributed by atoms with Gasteiger partial charge in [0.2, 0.25) is 5.91 Å². The molecule has 5 nitrogen and oxygen atoms in total. The van der Waals surface area contributed by atoms with E-state index in [2.05, 4.69) is 18.3 Å². The van der Waals surface area contributed by atoms with Crippen LogP contribution in [0.15, 0.2) is 97.1 Å². The Morgan fingerprint density at radius 1 is 0.907 bits per heavy atom. The third-order valence-corrected chi connectivity index (χ3v) is 9.50. The van der Waals surface area contributed by atoms with E-state index in [-0.39, 0.29) is 17.5 Å². The minimum Gasteiger partial charge on any atom is -0.352 e. The molecule has 0 aliphatic carbocycles. The Hall–Kier alpha value is -4.48. The number of anilines is 2. The lowest BCUT2D eigenvalue weighted by molar-refractivity contribution is -0.121. The van der Waals surface area contributed by atoms with Gasteiger partial charge < -0.3 is 10.2 Å². The lowest BCUT2D eigenvalue weighted by atomic mass is 9.64. The van der Waals surface area contributed by atoms with Crippen molar-refractivity contribution in [2.24, 2.45) is 5.92 Å². The van der Waals surface area contributed by atoms with Crippen LogP contribution in [0.4, 0.5) is 11.4 Å². The number of para-hydroxylation sites is 1. The molecule has 0 bridgehead atoms. The molecular formula is C37H31ClN2O3. The molecule has 1 N–H and O–H groups in total. The fourth-order valence-corrected chi connectivity index (χ4v) is 7.51. The van der Waals surface area contributed by atoms with E-state index in [0.717, 1.165) is 40.8 Å². The second-order valence-corrected chi connectivity index (χ2v) is 12.2.